The van der Waals surface area contributed by atoms with E-state index in [0.717, 1.165) is 18.8 Å². The summed E-state index contributed by atoms with van der Waals surface area (Å²) in [7, 11) is 1.83. The summed E-state index contributed by atoms with van der Waals surface area (Å²) in [6.07, 6.45) is 4.84. The summed E-state index contributed by atoms with van der Waals surface area (Å²) in [5.74, 6) is 1.27. The molecule has 0 aromatic heterocycles. The maximum absolute atomic E-state index is 14.0. The first-order valence-electron chi connectivity index (χ1n) is 7.23. The van der Waals surface area contributed by atoms with Gasteiger partial charge in [-0.05, 0) is 51.6 Å². The zero-order chi connectivity index (χ0) is 13.8. The molecule has 1 aliphatic rings. The van der Waals surface area contributed by atoms with Crippen LogP contribution in [-0.4, -0.2) is 13.2 Å². The van der Waals surface area contributed by atoms with Crippen molar-refractivity contribution in [3.63, 3.8) is 0 Å². The van der Waals surface area contributed by atoms with Crippen molar-refractivity contribution in [1.82, 2.24) is 5.32 Å². The minimum Gasteiger partial charge on any atom is -0.490 e. The van der Waals surface area contributed by atoms with E-state index in [4.69, 9.17) is 4.74 Å². The molecular weight excluding hydrogens is 241 g/mol. The van der Waals surface area contributed by atoms with Crippen molar-refractivity contribution in [3.8, 4) is 5.75 Å². The van der Waals surface area contributed by atoms with Gasteiger partial charge < -0.3 is 10.1 Å². The fraction of sp³-hybridized carbons (Fsp3) is 0.625. The Hall–Kier alpha value is -1.09. The lowest BCUT2D eigenvalue weighted by Gasteiger charge is -2.27. The Bertz CT molecular complexity index is 413. The van der Waals surface area contributed by atoms with E-state index in [0.29, 0.717) is 11.3 Å². The molecule has 1 aromatic carbocycles. The third kappa shape index (κ3) is 3.69. The number of nitrogens with one attached hydrogen (secondary N) is 1. The van der Waals surface area contributed by atoms with Crippen LogP contribution in [0.2, 0.25) is 0 Å². The van der Waals surface area contributed by atoms with Crippen molar-refractivity contribution < 1.29 is 9.13 Å². The SMILES string of the molecule is CNC(C)c1ccc(OC2CCC(C)CC2)cc1F. The predicted octanol–water partition coefficient (Wildman–Crippen LogP) is 4.06. The Balaban J connectivity index is 2.00. The number of hydrogen-bond donors (Lipinski definition) is 1. The van der Waals surface area contributed by atoms with Crippen molar-refractivity contribution in [2.24, 2.45) is 5.92 Å². The van der Waals surface area contributed by atoms with Crippen molar-refractivity contribution in [3.05, 3.63) is 29.6 Å². The molecular formula is C16H24FNO. The Morgan fingerprint density at radius 2 is 1.95 bits per heavy atom. The van der Waals surface area contributed by atoms with Crippen LogP contribution >= 0.6 is 0 Å². The van der Waals surface area contributed by atoms with E-state index in [2.05, 4.69) is 12.2 Å². The first kappa shape index (κ1) is 14.3. The summed E-state index contributed by atoms with van der Waals surface area (Å²) in [5, 5.41) is 3.05. The second-order valence-electron chi connectivity index (χ2n) is 5.69. The molecule has 0 amide bonds. The highest BCUT2D eigenvalue weighted by molar-refractivity contribution is 5.30. The van der Waals surface area contributed by atoms with E-state index in [9.17, 15) is 4.39 Å². The summed E-state index contributed by atoms with van der Waals surface area (Å²) in [4.78, 5) is 0. The largest absolute Gasteiger partial charge is 0.490 e. The molecule has 1 N–H and O–H groups in total. The molecule has 106 valence electrons. The Morgan fingerprint density at radius 3 is 2.53 bits per heavy atom. The normalized spacial score (nSPS) is 25.1. The molecule has 1 aromatic rings. The van der Waals surface area contributed by atoms with E-state index in [-0.39, 0.29) is 18.0 Å². The van der Waals surface area contributed by atoms with Gasteiger partial charge in [0.2, 0.25) is 0 Å². The van der Waals surface area contributed by atoms with Crippen LogP contribution < -0.4 is 10.1 Å². The van der Waals surface area contributed by atoms with Crippen LogP contribution in [0, 0.1) is 11.7 Å². The molecule has 1 atom stereocenters. The molecule has 1 unspecified atom stereocenters. The van der Waals surface area contributed by atoms with Gasteiger partial charge in [0.1, 0.15) is 11.6 Å². The average Bonchev–Trinajstić information content (AvgIpc) is 2.41. The Labute approximate surface area is 115 Å². The quantitative estimate of drug-likeness (QED) is 0.886. The fourth-order valence-electron chi connectivity index (χ4n) is 2.63. The highest BCUT2D eigenvalue weighted by atomic mass is 19.1. The molecule has 0 aliphatic heterocycles. The highest BCUT2D eigenvalue weighted by Crippen LogP contribution is 2.28. The van der Waals surface area contributed by atoms with Crippen LogP contribution in [0.25, 0.3) is 0 Å². The summed E-state index contributed by atoms with van der Waals surface area (Å²) >= 11 is 0. The van der Waals surface area contributed by atoms with Gasteiger partial charge in [-0.25, -0.2) is 4.39 Å². The molecule has 19 heavy (non-hydrogen) atoms. The second-order valence-corrected chi connectivity index (χ2v) is 5.69. The summed E-state index contributed by atoms with van der Waals surface area (Å²) in [5.41, 5.74) is 0.687. The van der Waals surface area contributed by atoms with E-state index < -0.39 is 0 Å². The average molecular weight is 265 g/mol. The van der Waals surface area contributed by atoms with Crippen LogP contribution in [0.5, 0.6) is 5.75 Å². The van der Waals surface area contributed by atoms with Gasteiger partial charge in [-0.2, -0.15) is 0 Å². The minimum absolute atomic E-state index is 0.0181. The van der Waals surface area contributed by atoms with Crippen LogP contribution in [-0.2, 0) is 0 Å². The maximum atomic E-state index is 14.0. The number of hydrogen-bond acceptors (Lipinski definition) is 2. The Morgan fingerprint density at radius 1 is 1.26 bits per heavy atom. The zero-order valence-corrected chi connectivity index (χ0v) is 12.1. The lowest BCUT2D eigenvalue weighted by Crippen LogP contribution is -2.23. The van der Waals surface area contributed by atoms with Crippen molar-refractivity contribution in [2.45, 2.75) is 51.7 Å². The number of benzene rings is 1. The molecule has 2 rings (SSSR count). The molecule has 0 bridgehead atoms. The van der Waals surface area contributed by atoms with Gasteiger partial charge in [-0.15, -0.1) is 0 Å². The third-order valence-electron chi connectivity index (χ3n) is 4.14. The highest BCUT2D eigenvalue weighted by Gasteiger charge is 2.20. The monoisotopic (exact) mass is 265 g/mol. The molecule has 1 saturated carbocycles. The van der Waals surface area contributed by atoms with Crippen molar-refractivity contribution >= 4 is 0 Å². The first-order valence-corrected chi connectivity index (χ1v) is 7.23. The fourth-order valence-corrected chi connectivity index (χ4v) is 2.63. The van der Waals surface area contributed by atoms with Gasteiger partial charge in [-0.3, -0.25) is 0 Å². The smallest absolute Gasteiger partial charge is 0.131 e. The standard InChI is InChI=1S/C16H24FNO/c1-11-4-6-13(7-5-11)19-14-8-9-15(12(2)18-3)16(17)10-14/h8-13,18H,4-7H2,1-3H3. The van der Waals surface area contributed by atoms with Crippen LogP contribution in [0.15, 0.2) is 18.2 Å². The van der Waals surface area contributed by atoms with Gasteiger partial charge >= 0.3 is 0 Å². The minimum atomic E-state index is -0.191. The first-order chi connectivity index (χ1) is 9.10. The van der Waals surface area contributed by atoms with Crippen LogP contribution in [0.1, 0.15) is 51.1 Å². The lowest BCUT2D eigenvalue weighted by molar-refractivity contribution is 0.135. The van der Waals surface area contributed by atoms with Gasteiger partial charge in [-0.1, -0.05) is 13.0 Å². The van der Waals surface area contributed by atoms with Crippen LogP contribution in [0.4, 0.5) is 4.39 Å². The summed E-state index contributed by atoms with van der Waals surface area (Å²) in [6.45, 7) is 4.23. The number of ether oxygens (including phenoxy) is 1. The molecule has 2 nitrogen and oxygen atoms in total. The third-order valence-corrected chi connectivity index (χ3v) is 4.14. The van der Waals surface area contributed by atoms with Gasteiger partial charge in [0.05, 0.1) is 6.10 Å². The molecule has 0 saturated heterocycles. The molecule has 1 aliphatic carbocycles. The van der Waals surface area contributed by atoms with E-state index >= 15 is 0 Å². The topological polar surface area (TPSA) is 21.3 Å². The van der Waals surface area contributed by atoms with Crippen LogP contribution in [0.3, 0.4) is 0 Å². The van der Waals surface area contributed by atoms with Crippen molar-refractivity contribution in [2.75, 3.05) is 7.05 Å². The Kier molecular flexibility index (Phi) is 4.81. The second kappa shape index (κ2) is 6.38. The van der Waals surface area contributed by atoms with Gasteiger partial charge in [0, 0.05) is 17.7 Å². The predicted molar refractivity (Wildman–Crippen MR) is 75.9 cm³/mol. The molecule has 0 spiro atoms. The maximum Gasteiger partial charge on any atom is 0.131 e. The van der Waals surface area contributed by atoms with Crippen molar-refractivity contribution in [1.29, 1.82) is 0 Å². The molecule has 1 fully saturated rings. The molecule has 3 heteroatoms. The lowest BCUT2D eigenvalue weighted by atomic mass is 9.89. The van der Waals surface area contributed by atoms with Gasteiger partial charge in [0.15, 0.2) is 0 Å². The van der Waals surface area contributed by atoms with E-state index in [1.807, 2.05) is 26.1 Å². The number of halogens is 1. The molecule has 0 heterocycles. The van der Waals surface area contributed by atoms with E-state index in [1.54, 1.807) is 0 Å². The van der Waals surface area contributed by atoms with Gasteiger partial charge in [0.25, 0.3) is 0 Å². The summed E-state index contributed by atoms with van der Waals surface area (Å²) < 4.78 is 19.9. The summed E-state index contributed by atoms with van der Waals surface area (Å²) in [6, 6.07) is 5.23. The molecule has 0 radical (unpaired) electrons. The van der Waals surface area contributed by atoms with E-state index in [1.165, 1.54) is 18.9 Å². The zero-order valence-electron chi connectivity index (χ0n) is 12.1. The number of rotatable bonds is 4.